The van der Waals surface area contributed by atoms with Crippen LogP contribution in [0.25, 0.3) is 0 Å². The van der Waals surface area contributed by atoms with Crippen LogP contribution < -0.4 is 0 Å². The Morgan fingerprint density at radius 2 is 2.08 bits per heavy atom. The first-order valence-electron chi connectivity index (χ1n) is 5.31. The summed E-state index contributed by atoms with van der Waals surface area (Å²) in [7, 11) is 0. The number of piperazine rings is 1. The van der Waals surface area contributed by atoms with Crippen LogP contribution in [0.5, 0.6) is 0 Å². The minimum absolute atomic E-state index is 0.797. The van der Waals surface area contributed by atoms with Gasteiger partial charge in [-0.15, -0.1) is 0 Å². The number of rotatable bonds is 1. The smallest absolute Gasteiger partial charge is 0.0249 e. The molecule has 2 rings (SSSR count). The summed E-state index contributed by atoms with van der Waals surface area (Å²) in [6.45, 7) is 9.85. The maximum Gasteiger partial charge on any atom is 0.0249 e. The topological polar surface area (TPSA) is 6.48 Å². The zero-order chi connectivity index (χ0) is 8.55. The van der Waals surface area contributed by atoms with Crippen molar-refractivity contribution in [1.29, 1.82) is 0 Å². The van der Waals surface area contributed by atoms with Crippen molar-refractivity contribution in [3.8, 4) is 0 Å². The molecule has 12 heavy (non-hydrogen) atoms. The Morgan fingerprint density at radius 1 is 1.25 bits per heavy atom. The van der Waals surface area contributed by atoms with Crippen LogP contribution >= 0.6 is 0 Å². The summed E-state index contributed by atoms with van der Waals surface area (Å²) in [5.74, 6) is 0. The van der Waals surface area contributed by atoms with Gasteiger partial charge in [-0.25, -0.2) is 0 Å². The average Bonchev–Trinajstić information content (AvgIpc) is 2.53. The van der Waals surface area contributed by atoms with Crippen LogP contribution in [0.3, 0.4) is 0 Å². The van der Waals surface area contributed by atoms with E-state index < -0.39 is 0 Å². The quantitative estimate of drug-likeness (QED) is 0.580. The summed E-state index contributed by atoms with van der Waals surface area (Å²) < 4.78 is 0. The highest BCUT2D eigenvalue weighted by atomic mass is 15.3. The Hall–Kier alpha value is -0.0800. The van der Waals surface area contributed by atoms with Gasteiger partial charge in [0.05, 0.1) is 0 Å². The standard InChI is InChI=1S/C10H20N2/c1-3-11-7-8-12-6-4-5-10(12)9(11)2/h9-10H,3-8H2,1-2H3. The first kappa shape index (κ1) is 8.52. The van der Waals surface area contributed by atoms with Crippen molar-refractivity contribution in [3.05, 3.63) is 0 Å². The number of hydrogen-bond donors (Lipinski definition) is 0. The Morgan fingerprint density at radius 3 is 2.83 bits per heavy atom. The molecule has 0 radical (unpaired) electrons. The third-order valence-electron chi connectivity index (χ3n) is 3.63. The van der Waals surface area contributed by atoms with Crippen molar-refractivity contribution in [2.24, 2.45) is 0 Å². The molecule has 2 unspecified atom stereocenters. The van der Waals surface area contributed by atoms with Gasteiger partial charge in [-0.1, -0.05) is 6.92 Å². The van der Waals surface area contributed by atoms with Gasteiger partial charge in [0.1, 0.15) is 0 Å². The SMILES string of the molecule is CCN1CCN2CCCC2C1C. The average molecular weight is 168 g/mol. The zero-order valence-electron chi connectivity index (χ0n) is 8.29. The molecular formula is C10H20N2. The third-order valence-corrected chi connectivity index (χ3v) is 3.63. The molecule has 2 aliphatic rings. The monoisotopic (exact) mass is 168 g/mol. The predicted molar refractivity (Wildman–Crippen MR) is 51.3 cm³/mol. The van der Waals surface area contributed by atoms with E-state index in [1.54, 1.807) is 0 Å². The molecule has 2 fully saturated rings. The fraction of sp³-hybridized carbons (Fsp3) is 1.00. The molecule has 2 nitrogen and oxygen atoms in total. The first-order chi connectivity index (χ1) is 5.83. The molecule has 2 saturated heterocycles. The summed E-state index contributed by atoms with van der Waals surface area (Å²) in [5.41, 5.74) is 0. The minimum Gasteiger partial charge on any atom is -0.298 e. The lowest BCUT2D eigenvalue weighted by Crippen LogP contribution is -2.55. The summed E-state index contributed by atoms with van der Waals surface area (Å²) in [4.78, 5) is 5.29. The second kappa shape index (κ2) is 3.35. The van der Waals surface area contributed by atoms with Gasteiger partial charge in [-0.3, -0.25) is 9.80 Å². The van der Waals surface area contributed by atoms with Gasteiger partial charge in [0.15, 0.2) is 0 Å². The van der Waals surface area contributed by atoms with E-state index in [0.29, 0.717) is 0 Å². The molecule has 0 bridgehead atoms. The van der Waals surface area contributed by atoms with Crippen LogP contribution in [-0.4, -0.2) is 48.1 Å². The van der Waals surface area contributed by atoms with Crippen molar-refractivity contribution in [2.45, 2.75) is 38.8 Å². The molecule has 0 aromatic heterocycles. The van der Waals surface area contributed by atoms with Crippen LogP contribution in [0.15, 0.2) is 0 Å². The second-order valence-electron chi connectivity index (χ2n) is 4.11. The summed E-state index contributed by atoms with van der Waals surface area (Å²) >= 11 is 0. The normalized spacial score (nSPS) is 38.5. The van der Waals surface area contributed by atoms with Crippen molar-refractivity contribution >= 4 is 0 Å². The van der Waals surface area contributed by atoms with Gasteiger partial charge in [0.25, 0.3) is 0 Å². The Bertz CT molecular complexity index is 158. The maximum atomic E-state index is 2.68. The molecule has 2 aliphatic heterocycles. The van der Waals surface area contributed by atoms with Crippen molar-refractivity contribution < 1.29 is 0 Å². The molecule has 2 heteroatoms. The number of likely N-dealkylation sites (N-methyl/N-ethyl adjacent to an activating group) is 1. The Labute approximate surface area is 75.5 Å². The summed E-state index contributed by atoms with van der Waals surface area (Å²) in [6.07, 6.45) is 2.85. The maximum absolute atomic E-state index is 2.68. The van der Waals surface area contributed by atoms with E-state index in [9.17, 15) is 0 Å². The molecule has 2 heterocycles. The molecule has 0 aromatic carbocycles. The molecule has 0 saturated carbocycles. The highest BCUT2D eigenvalue weighted by Gasteiger charge is 2.35. The highest BCUT2D eigenvalue weighted by molar-refractivity contribution is 4.92. The van der Waals surface area contributed by atoms with Crippen LogP contribution in [-0.2, 0) is 0 Å². The Kier molecular flexibility index (Phi) is 2.37. The van der Waals surface area contributed by atoms with Crippen molar-refractivity contribution in [1.82, 2.24) is 9.80 Å². The number of fused-ring (bicyclic) bond motifs is 1. The molecule has 0 amide bonds. The van der Waals surface area contributed by atoms with E-state index in [-0.39, 0.29) is 0 Å². The summed E-state index contributed by atoms with van der Waals surface area (Å²) in [5, 5.41) is 0. The molecule has 70 valence electrons. The predicted octanol–water partition coefficient (Wildman–Crippen LogP) is 1.17. The lowest BCUT2D eigenvalue weighted by Gasteiger charge is -2.42. The van der Waals surface area contributed by atoms with Gasteiger partial charge >= 0.3 is 0 Å². The van der Waals surface area contributed by atoms with Gasteiger partial charge in [0, 0.05) is 25.2 Å². The van der Waals surface area contributed by atoms with Crippen LogP contribution in [0.2, 0.25) is 0 Å². The van der Waals surface area contributed by atoms with Crippen LogP contribution in [0.1, 0.15) is 26.7 Å². The van der Waals surface area contributed by atoms with E-state index in [2.05, 4.69) is 23.6 Å². The van der Waals surface area contributed by atoms with E-state index in [1.165, 1.54) is 39.0 Å². The zero-order valence-corrected chi connectivity index (χ0v) is 8.29. The minimum atomic E-state index is 0.797. The molecule has 0 spiro atoms. The fourth-order valence-electron chi connectivity index (χ4n) is 2.83. The summed E-state index contributed by atoms with van der Waals surface area (Å²) in [6, 6.07) is 1.67. The van der Waals surface area contributed by atoms with Gasteiger partial charge < -0.3 is 0 Å². The lowest BCUT2D eigenvalue weighted by molar-refractivity contribution is 0.0565. The van der Waals surface area contributed by atoms with Gasteiger partial charge in [-0.05, 0) is 32.9 Å². The second-order valence-corrected chi connectivity index (χ2v) is 4.11. The largest absolute Gasteiger partial charge is 0.298 e. The third kappa shape index (κ3) is 1.27. The first-order valence-corrected chi connectivity index (χ1v) is 5.31. The molecule has 2 atom stereocenters. The van der Waals surface area contributed by atoms with E-state index >= 15 is 0 Å². The molecule has 0 aromatic rings. The van der Waals surface area contributed by atoms with E-state index in [4.69, 9.17) is 0 Å². The lowest BCUT2D eigenvalue weighted by atomic mass is 10.0. The van der Waals surface area contributed by atoms with E-state index in [0.717, 1.165) is 12.1 Å². The molecule has 0 N–H and O–H groups in total. The molecular weight excluding hydrogens is 148 g/mol. The van der Waals surface area contributed by atoms with Crippen LogP contribution in [0.4, 0.5) is 0 Å². The Balaban J connectivity index is 2.02. The number of nitrogens with zero attached hydrogens (tertiary/aromatic N) is 2. The van der Waals surface area contributed by atoms with Gasteiger partial charge in [-0.2, -0.15) is 0 Å². The van der Waals surface area contributed by atoms with E-state index in [1.807, 2.05) is 0 Å². The van der Waals surface area contributed by atoms with Crippen molar-refractivity contribution in [3.63, 3.8) is 0 Å². The highest BCUT2D eigenvalue weighted by Crippen LogP contribution is 2.26. The van der Waals surface area contributed by atoms with Crippen molar-refractivity contribution in [2.75, 3.05) is 26.2 Å². The van der Waals surface area contributed by atoms with Gasteiger partial charge in [0.2, 0.25) is 0 Å². The number of hydrogen-bond acceptors (Lipinski definition) is 2. The molecule has 0 aliphatic carbocycles. The van der Waals surface area contributed by atoms with Crippen LogP contribution in [0, 0.1) is 0 Å². The fourth-order valence-corrected chi connectivity index (χ4v) is 2.83.